The molecule has 0 saturated carbocycles. The van der Waals surface area contributed by atoms with Crippen LogP contribution < -0.4 is 4.72 Å². The number of benzene rings is 1. The Bertz CT molecular complexity index is 1230. The molecule has 0 fully saturated rings. The zero-order valence-electron chi connectivity index (χ0n) is 17.3. The number of rotatable bonds is 7. The molecule has 0 aliphatic carbocycles. The lowest BCUT2D eigenvalue weighted by molar-refractivity contribution is 0.606. The van der Waals surface area contributed by atoms with Gasteiger partial charge in [0.1, 0.15) is 11.6 Å². The molecule has 3 aromatic heterocycles. The molecule has 1 aromatic carbocycles. The van der Waals surface area contributed by atoms with Crippen LogP contribution in [0.5, 0.6) is 0 Å². The summed E-state index contributed by atoms with van der Waals surface area (Å²) in [5.41, 5.74) is 3.66. The third-order valence-corrected chi connectivity index (χ3v) is 5.66. The Kier molecular flexibility index (Phi) is 6.23. The molecular formula is C24H21FN4O2S. The van der Waals surface area contributed by atoms with Crippen LogP contribution in [0.15, 0.2) is 91.6 Å². The van der Waals surface area contributed by atoms with Crippen LogP contribution in [-0.2, 0) is 10.0 Å². The van der Waals surface area contributed by atoms with Crippen LogP contribution in [0.25, 0.3) is 0 Å². The summed E-state index contributed by atoms with van der Waals surface area (Å²) in [4.78, 5) is 12.9. The average molecular weight is 449 g/mol. The van der Waals surface area contributed by atoms with Crippen molar-refractivity contribution in [3.05, 3.63) is 120 Å². The number of nitrogens with zero attached hydrogens (tertiary/aromatic N) is 3. The zero-order chi connectivity index (χ0) is 22.6. The van der Waals surface area contributed by atoms with Crippen LogP contribution in [0.1, 0.15) is 34.1 Å². The number of hydrogen-bond acceptors (Lipinski definition) is 5. The van der Waals surface area contributed by atoms with Gasteiger partial charge in [-0.15, -0.1) is 0 Å². The number of nitrogens with one attached hydrogen (secondary N) is 1. The lowest BCUT2D eigenvalue weighted by atomic mass is 9.75. The molecule has 1 N–H and O–H groups in total. The fraction of sp³-hybridized carbons (Fsp3) is 0.125. The maximum absolute atomic E-state index is 13.7. The number of halogens is 1. The van der Waals surface area contributed by atoms with E-state index in [1.807, 2.05) is 30.3 Å². The van der Waals surface area contributed by atoms with Gasteiger partial charge in [0.2, 0.25) is 10.0 Å². The summed E-state index contributed by atoms with van der Waals surface area (Å²) in [7, 11) is -3.44. The molecular weight excluding hydrogens is 427 g/mol. The van der Waals surface area contributed by atoms with Crippen LogP contribution in [-0.4, -0.2) is 29.6 Å². The molecule has 3 heterocycles. The fourth-order valence-corrected chi connectivity index (χ4v) is 4.28. The molecule has 32 heavy (non-hydrogen) atoms. The minimum absolute atomic E-state index is 0.182. The highest BCUT2D eigenvalue weighted by atomic mass is 32.2. The van der Waals surface area contributed by atoms with E-state index in [4.69, 9.17) is 0 Å². The molecule has 0 amide bonds. The maximum Gasteiger partial charge on any atom is 0.230 e. The van der Waals surface area contributed by atoms with Gasteiger partial charge in [-0.2, -0.15) is 0 Å². The SMILES string of the molecule is CS(=O)(=O)Nc1ccc(C(c2ccc(F)cc2)C(c2cccnc2)c2cccnc2)cn1. The molecule has 1 unspecified atom stereocenters. The van der Waals surface area contributed by atoms with Crippen molar-refractivity contribution < 1.29 is 12.8 Å². The van der Waals surface area contributed by atoms with Crippen molar-refractivity contribution in [1.29, 1.82) is 0 Å². The first-order chi connectivity index (χ1) is 15.4. The monoisotopic (exact) mass is 448 g/mol. The molecule has 0 saturated heterocycles. The van der Waals surface area contributed by atoms with Gasteiger partial charge in [0.05, 0.1) is 6.26 Å². The van der Waals surface area contributed by atoms with Crippen LogP contribution in [0.2, 0.25) is 0 Å². The lowest BCUT2D eigenvalue weighted by Gasteiger charge is -2.28. The van der Waals surface area contributed by atoms with Crippen LogP contribution in [0, 0.1) is 5.82 Å². The summed E-state index contributed by atoms with van der Waals surface area (Å²) >= 11 is 0. The van der Waals surface area contributed by atoms with E-state index in [0.29, 0.717) is 0 Å². The molecule has 1 atom stereocenters. The van der Waals surface area contributed by atoms with E-state index in [0.717, 1.165) is 28.5 Å². The van der Waals surface area contributed by atoms with Gasteiger partial charge in [0.25, 0.3) is 0 Å². The van der Waals surface area contributed by atoms with E-state index in [9.17, 15) is 12.8 Å². The van der Waals surface area contributed by atoms with Gasteiger partial charge in [0, 0.05) is 42.8 Å². The summed E-state index contributed by atoms with van der Waals surface area (Å²) in [6, 6.07) is 17.5. The predicted octanol–water partition coefficient (Wildman–Crippen LogP) is 4.35. The second kappa shape index (κ2) is 9.23. The van der Waals surface area contributed by atoms with Crippen LogP contribution >= 0.6 is 0 Å². The quantitative estimate of drug-likeness (QED) is 0.454. The fourth-order valence-electron chi connectivity index (χ4n) is 3.78. The van der Waals surface area contributed by atoms with E-state index >= 15 is 0 Å². The topological polar surface area (TPSA) is 84.8 Å². The number of anilines is 1. The smallest absolute Gasteiger partial charge is 0.230 e. The summed E-state index contributed by atoms with van der Waals surface area (Å²) in [6.45, 7) is 0. The third-order valence-electron chi connectivity index (χ3n) is 5.08. The Morgan fingerprint density at radius 2 is 1.28 bits per heavy atom. The van der Waals surface area contributed by atoms with E-state index in [2.05, 4.69) is 19.7 Å². The first kappa shape index (κ1) is 21.6. The molecule has 162 valence electrons. The average Bonchev–Trinajstić information content (AvgIpc) is 2.79. The Morgan fingerprint density at radius 3 is 1.75 bits per heavy atom. The molecule has 0 aliphatic rings. The molecule has 0 radical (unpaired) electrons. The first-order valence-corrected chi connectivity index (χ1v) is 11.8. The standard InChI is InChI=1S/C24H21FN4O2S/c1-32(30,31)29-22-11-8-20(16-28-22)23(17-6-9-21(25)10-7-17)24(18-4-2-12-26-14-18)19-5-3-13-27-15-19/h2-16,23-24H,1H3,(H,28,29). The van der Waals surface area contributed by atoms with Gasteiger partial charge < -0.3 is 0 Å². The van der Waals surface area contributed by atoms with Gasteiger partial charge in [-0.05, 0) is 52.6 Å². The Balaban J connectivity index is 1.87. The number of sulfonamides is 1. The number of hydrogen-bond donors (Lipinski definition) is 1. The largest absolute Gasteiger partial charge is 0.268 e. The Morgan fingerprint density at radius 1 is 0.750 bits per heavy atom. The van der Waals surface area contributed by atoms with Crippen LogP contribution in [0.3, 0.4) is 0 Å². The third kappa shape index (κ3) is 5.15. The molecule has 0 aliphatic heterocycles. The summed E-state index contributed by atoms with van der Waals surface area (Å²) in [5, 5.41) is 0. The number of pyridine rings is 3. The normalized spacial score (nSPS) is 12.5. The minimum atomic E-state index is -3.44. The lowest BCUT2D eigenvalue weighted by Crippen LogP contribution is -2.16. The van der Waals surface area contributed by atoms with Crippen LogP contribution in [0.4, 0.5) is 10.2 Å². The van der Waals surface area contributed by atoms with E-state index in [1.165, 1.54) is 12.1 Å². The predicted molar refractivity (Wildman–Crippen MR) is 121 cm³/mol. The van der Waals surface area contributed by atoms with Crippen molar-refractivity contribution in [3.8, 4) is 0 Å². The van der Waals surface area contributed by atoms with E-state index in [-0.39, 0.29) is 23.5 Å². The van der Waals surface area contributed by atoms with Crippen molar-refractivity contribution in [1.82, 2.24) is 15.0 Å². The molecule has 0 spiro atoms. The van der Waals surface area contributed by atoms with Gasteiger partial charge in [-0.25, -0.2) is 17.8 Å². The highest BCUT2D eigenvalue weighted by molar-refractivity contribution is 7.92. The van der Waals surface area contributed by atoms with Crippen molar-refractivity contribution >= 4 is 15.8 Å². The highest BCUT2D eigenvalue weighted by Gasteiger charge is 2.29. The molecule has 4 aromatic rings. The Hall–Kier alpha value is -3.65. The van der Waals surface area contributed by atoms with Gasteiger partial charge >= 0.3 is 0 Å². The van der Waals surface area contributed by atoms with Crippen molar-refractivity contribution in [2.45, 2.75) is 11.8 Å². The molecule has 6 nitrogen and oxygen atoms in total. The highest BCUT2D eigenvalue weighted by Crippen LogP contribution is 2.42. The summed E-state index contributed by atoms with van der Waals surface area (Å²) in [6.07, 6.45) is 9.75. The summed E-state index contributed by atoms with van der Waals surface area (Å²) < 4.78 is 39.2. The summed E-state index contributed by atoms with van der Waals surface area (Å²) in [5.74, 6) is -0.520. The van der Waals surface area contributed by atoms with E-state index < -0.39 is 10.0 Å². The zero-order valence-corrected chi connectivity index (χ0v) is 18.1. The number of aromatic nitrogens is 3. The van der Waals surface area contributed by atoms with Crippen molar-refractivity contribution in [3.63, 3.8) is 0 Å². The Labute approximate surface area is 186 Å². The first-order valence-electron chi connectivity index (χ1n) is 9.90. The van der Waals surface area contributed by atoms with Gasteiger partial charge in [-0.1, -0.05) is 30.3 Å². The molecule has 8 heteroatoms. The van der Waals surface area contributed by atoms with Gasteiger partial charge in [-0.3, -0.25) is 14.7 Å². The molecule has 4 rings (SSSR count). The van der Waals surface area contributed by atoms with Crippen molar-refractivity contribution in [2.75, 3.05) is 11.0 Å². The van der Waals surface area contributed by atoms with E-state index in [1.54, 1.807) is 49.2 Å². The molecule has 0 bridgehead atoms. The van der Waals surface area contributed by atoms with Gasteiger partial charge in [0.15, 0.2) is 0 Å². The van der Waals surface area contributed by atoms with Crippen molar-refractivity contribution in [2.24, 2.45) is 0 Å². The second-order valence-corrected chi connectivity index (χ2v) is 9.18. The minimum Gasteiger partial charge on any atom is -0.268 e. The second-order valence-electron chi connectivity index (χ2n) is 7.43. The maximum atomic E-state index is 13.7.